The summed E-state index contributed by atoms with van der Waals surface area (Å²) in [6.07, 6.45) is 5.15. The van der Waals surface area contributed by atoms with Gasteiger partial charge in [0, 0.05) is 17.5 Å². The number of fused-ring (bicyclic) bond motifs is 1. The van der Waals surface area contributed by atoms with E-state index in [0.717, 1.165) is 35.6 Å². The third-order valence-corrected chi connectivity index (χ3v) is 4.29. The number of hydrogen-bond donors (Lipinski definition) is 0. The lowest BCUT2D eigenvalue weighted by molar-refractivity contribution is 0.323. The SMILES string of the molecule is CC(C)C1CCc2occ(-c3ccc(F)cc3)c2C1. The van der Waals surface area contributed by atoms with E-state index in [0.29, 0.717) is 5.92 Å². The van der Waals surface area contributed by atoms with Gasteiger partial charge < -0.3 is 4.42 Å². The predicted molar refractivity (Wildman–Crippen MR) is 74.5 cm³/mol. The van der Waals surface area contributed by atoms with Crippen molar-refractivity contribution in [1.82, 2.24) is 0 Å². The summed E-state index contributed by atoms with van der Waals surface area (Å²) < 4.78 is 18.7. The van der Waals surface area contributed by atoms with Crippen LogP contribution in [0.15, 0.2) is 34.9 Å². The highest BCUT2D eigenvalue weighted by Crippen LogP contribution is 2.37. The third-order valence-electron chi connectivity index (χ3n) is 4.29. The molecule has 1 aromatic heterocycles. The lowest BCUT2D eigenvalue weighted by atomic mass is 9.79. The summed E-state index contributed by atoms with van der Waals surface area (Å²) in [5, 5.41) is 0. The molecule has 0 saturated heterocycles. The smallest absolute Gasteiger partial charge is 0.123 e. The maximum atomic E-state index is 13.0. The number of rotatable bonds is 2. The number of halogens is 1. The molecule has 1 nitrogen and oxygen atoms in total. The molecule has 19 heavy (non-hydrogen) atoms. The first-order valence-corrected chi connectivity index (χ1v) is 7.00. The second-order valence-electron chi connectivity index (χ2n) is 5.80. The molecule has 0 N–H and O–H groups in total. The van der Waals surface area contributed by atoms with Crippen molar-refractivity contribution in [3.8, 4) is 11.1 Å². The minimum Gasteiger partial charge on any atom is -0.468 e. The van der Waals surface area contributed by atoms with Gasteiger partial charge in [-0.1, -0.05) is 26.0 Å². The highest BCUT2D eigenvalue weighted by Gasteiger charge is 2.26. The first kappa shape index (κ1) is 12.5. The van der Waals surface area contributed by atoms with Crippen LogP contribution in [-0.4, -0.2) is 0 Å². The van der Waals surface area contributed by atoms with Crippen LogP contribution in [0.3, 0.4) is 0 Å². The van der Waals surface area contributed by atoms with Crippen LogP contribution >= 0.6 is 0 Å². The maximum Gasteiger partial charge on any atom is 0.123 e. The Balaban J connectivity index is 1.97. The van der Waals surface area contributed by atoms with E-state index in [1.165, 1.54) is 24.1 Å². The molecule has 1 atom stereocenters. The third kappa shape index (κ3) is 2.32. The molecular formula is C17H19FO. The molecular weight excluding hydrogens is 239 g/mol. The van der Waals surface area contributed by atoms with Crippen molar-refractivity contribution in [3.05, 3.63) is 47.7 Å². The van der Waals surface area contributed by atoms with Gasteiger partial charge in [-0.3, -0.25) is 0 Å². The summed E-state index contributed by atoms with van der Waals surface area (Å²) in [4.78, 5) is 0. The molecule has 1 heterocycles. The van der Waals surface area contributed by atoms with Crippen molar-refractivity contribution in [2.75, 3.05) is 0 Å². The fraction of sp³-hybridized carbons (Fsp3) is 0.412. The Morgan fingerprint density at radius 1 is 1.21 bits per heavy atom. The summed E-state index contributed by atoms with van der Waals surface area (Å²) >= 11 is 0. The van der Waals surface area contributed by atoms with Gasteiger partial charge in [0.05, 0.1) is 6.26 Å². The van der Waals surface area contributed by atoms with E-state index < -0.39 is 0 Å². The van der Waals surface area contributed by atoms with Gasteiger partial charge in [0.25, 0.3) is 0 Å². The van der Waals surface area contributed by atoms with E-state index in [1.807, 2.05) is 18.4 Å². The minimum atomic E-state index is -0.193. The van der Waals surface area contributed by atoms with Gasteiger partial charge in [0.2, 0.25) is 0 Å². The average molecular weight is 258 g/mol. The Labute approximate surface area is 113 Å². The van der Waals surface area contributed by atoms with E-state index >= 15 is 0 Å². The minimum absolute atomic E-state index is 0.193. The number of aryl methyl sites for hydroxylation is 1. The van der Waals surface area contributed by atoms with Crippen molar-refractivity contribution in [2.45, 2.75) is 33.1 Å². The Kier molecular flexibility index (Phi) is 3.17. The topological polar surface area (TPSA) is 13.1 Å². The van der Waals surface area contributed by atoms with E-state index in [1.54, 1.807) is 0 Å². The first-order valence-electron chi connectivity index (χ1n) is 7.00. The Bertz CT molecular complexity index is 565. The zero-order chi connectivity index (χ0) is 13.4. The van der Waals surface area contributed by atoms with Crippen molar-refractivity contribution in [2.24, 2.45) is 11.8 Å². The molecule has 0 spiro atoms. The molecule has 2 aromatic rings. The normalized spacial score (nSPS) is 18.6. The molecule has 1 aliphatic rings. The van der Waals surface area contributed by atoms with Crippen LogP contribution in [0.2, 0.25) is 0 Å². The second kappa shape index (κ2) is 4.84. The summed E-state index contributed by atoms with van der Waals surface area (Å²) in [5.74, 6) is 2.35. The molecule has 2 heteroatoms. The lowest BCUT2D eigenvalue weighted by Gasteiger charge is -2.25. The molecule has 0 saturated carbocycles. The predicted octanol–water partition coefficient (Wildman–Crippen LogP) is 4.85. The molecule has 1 unspecified atom stereocenters. The van der Waals surface area contributed by atoms with Crippen LogP contribution in [-0.2, 0) is 12.8 Å². The fourth-order valence-corrected chi connectivity index (χ4v) is 2.98. The molecule has 1 aromatic carbocycles. The Morgan fingerprint density at radius 2 is 1.95 bits per heavy atom. The summed E-state index contributed by atoms with van der Waals surface area (Å²) in [5.41, 5.74) is 3.52. The number of furan rings is 1. The highest BCUT2D eigenvalue weighted by atomic mass is 19.1. The molecule has 0 fully saturated rings. The van der Waals surface area contributed by atoms with Crippen molar-refractivity contribution < 1.29 is 8.81 Å². The van der Waals surface area contributed by atoms with Crippen molar-refractivity contribution in [1.29, 1.82) is 0 Å². The van der Waals surface area contributed by atoms with Gasteiger partial charge in [0.15, 0.2) is 0 Å². The van der Waals surface area contributed by atoms with Crippen molar-refractivity contribution >= 4 is 0 Å². The van der Waals surface area contributed by atoms with Gasteiger partial charge in [-0.05, 0) is 42.4 Å². The van der Waals surface area contributed by atoms with Gasteiger partial charge in [-0.15, -0.1) is 0 Å². The largest absolute Gasteiger partial charge is 0.468 e. The monoisotopic (exact) mass is 258 g/mol. The molecule has 100 valence electrons. The molecule has 1 aliphatic carbocycles. The molecule has 0 bridgehead atoms. The van der Waals surface area contributed by atoms with E-state index in [9.17, 15) is 4.39 Å². The van der Waals surface area contributed by atoms with Gasteiger partial charge in [-0.25, -0.2) is 4.39 Å². The maximum absolute atomic E-state index is 13.0. The standard InChI is InChI=1S/C17H19FO/c1-11(2)13-5-8-17-15(9-13)16(10-19-17)12-3-6-14(18)7-4-12/h3-4,6-7,10-11,13H,5,8-9H2,1-2H3. The zero-order valence-electron chi connectivity index (χ0n) is 11.4. The lowest BCUT2D eigenvalue weighted by Crippen LogP contribution is -2.18. The molecule has 0 aliphatic heterocycles. The quantitative estimate of drug-likeness (QED) is 0.750. The van der Waals surface area contributed by atoms with Crippen LogP contribution in [0.4, 0.5) is 4.39 Å². The average Bonchev–Trinajstić information content (AvgIpc) is 2.82. The summed E-state index contributed by atoms with van der Waals surface area (Å²) in [6.45, 7) is 4.57. The molecule has 0 amide bonds. The molecule has 0 radical (unpaired) electrons. The van der Waals surface area contributed by atoms with Gasteiger partial charge in [-0.2, -0.15) is 0 Å². The van der Waals surface area contributed by atoms with Crippen molar-refractivity contribution in [3.63, 3.8) is 0 Å². The second-order valence-corrected chi connectivity index (χ2v) is 5.80. The Hall–Kier alpha value is -1.57. The number of benzene rings is 1. The van der Waals surface area contributed by atoms with Gasteiger partial charge >= 0.3 is 0 Å². The Morgan fingerprint density at radius 3 is 2.63 bits per heavy atom. The zero-order valence-corrected chi connectivity index (χ0v) is 11.4. The number of hydrogen-bond acceptors (Lipinski definition) is 1. The van der Waals surface area contributed by atoms with E-state index in [-0.39, 0.29) is 5.82 Å². The fourth-order valence-electron chi connectivity index (χ4n) is 2.98. The van der Waals surface area contributed by atoms with Crippen LogP contribution in [0.1, 0.15) is 31.6 Å². The highest BCUT2D eigenvalue weighted by molar-refractivity contribution is 5.67. The van der Waals surface area contributed by atoms with Crippen LogP contribution in [0.25, 0.3) is 11.1 Å². The molecule has 3 rings (SSSR count). The van der Waals surface area contributed by atoms with Gasteiger partial charge in [0.1, 0.15) is 11.6 Å². The van der Waals surface area contributed by atoms with Crippen LogP contribution in [0.5, 0.6) is 0 Å². The first-order chi connectivity index (χ1) is 9.15. The van der Waals surface area contributed by atoms with Crippen LogP contribution in [0, 0.1) is 17.7 Å². The van der Waals surface area contributed by atoms with E-state index in [4.69, 9.17) is 4.42 Å². The summed E-state index contributed by atoms with van der Waals surface area (Å²) in [7, 11) is 0. The van der Waals surface area contributed by atoms with Crippen LogP contribution < -0.4 is 0 Å². The summed E-state index contributed by atoms with van der Waals surface area (Å²) in [6, 6.07) is 6.69. The van der Waals surface area contributed by atoms with E-state index in [2.05, 4.69) is 13.8 Å².